The van der Waals surface area contributed by atoms with Gasteiger partial charge in [0, 0.05) is 0 Å². The molecule has 0 bridgehead atoms. The smallest absolute Gasteiger partial charge is 0.331 e. The minimum atomic E-state index is -0.826. The maximum Gasteiger partial charge on any atom is 0.331 e. The Morgan fingerprint density at radius 3 is 2.70 bits per heavy atom. The van der Waals surface area contributed by atoms with E-state index in [4.69, 9.17) is 4.42 Å². The molecular formula is C16H11FN2O4. The Kier molecular flexibility index (Phi) is 3.76. The number of nitrogens with one attached hydrogen (secondary N) is 1. The molecule has 1 aliphatic rings. The Balaban J connectivity index is 1.92. The van der Waals surface area contributed by atoms with Gasteiger partial charge in [-0.25, -0.2) is 9.18 Å². The standard InChI is InChI=1S/C16H11FN2O4/c17-11-4-1-3-10(7-11)8-13-14(20)18-16(22)19(15(13)21)9-12-5-2-6-23-12/h1-8H,9H2,(H,18,20,22)/b13-8+. The van der Waals surface area contributed by atoms with Crippen molar-refractivity contribution in [3.05, 3.63) is 65.4 Å². The fraction of sp³-hybridized carbons (Fsp3) is 0.0625. The molecule has 2 aromatic rings. The van der Waals surface area contributed by atoms with Crippen molar-refractivity contribution >= 4 is 23.9 Å². The van der Waals surface area contributed by atoms with E-state index in [9.17, 15) is 18.8 Å². The van der Waals surface area contributed by atoms with E-state index < -0.39 is 23.7 Å². The average molecular weight is 314 g/mol. The monoisotopic (exact) mass is 314 g/mol. The van der Waals surface area contributed by atoms with Crippen LogP contribution in [0.1, 0.15) is 11.3 Å². The molecule has 23 heavy (non-hydrogen) atoms. The lowest BCUT2D eigenvalue weighted by Crippen LogP contribution is -2.53. The van der Waals surface area contributed by atoms with Crippen LogP contribution >= 0.6 is 0 Å². The number of urea groups is 1. The fourth-order valence-corrected chi connectivity index (χ4v) is 2.16. The predicted octanol–water partition coefficient (Wildman–Crippen LogP) is 2.08. The van der Waals surface area contributed by atoms with Crippen molar-refractivity contribution in [1.82, 2.24) is 10.2 Å². The summed E-state index contributed by atoms with van der Waals surface area (Å²) in [7, 11) is 0. The summed E-state index contributed by atoms with van der Waals surface area (Å²) < 4.78 is 18.3. The molecule has 6 nitrogen and oxygen atoms in total. The van der Waals surface area contributed by atoms with Crippen molar-refractivity contribution in [3.63, 3.8) is 0 Å². The van der Waals surface area contributed by atoms with Gasteiger partial charge in [-0.2, -0.15) is 0 Å². The molecule has 0 unspecified atom stereocenters. The quantitative estimate of drug-likeness (QED) is 0.695. The highest BCUT2D eigenvalue weighted by molar-refractivity contribution is 6.30. The number of amides is 4. The van der Waals surface area contributed by atoms with Crippen LogP contribution in [0.3, 0.4) is 0 Å². The van der Waals surface area contributed by atoms with E-state index >= 15 is 0 Å². The topological polar surface area (TPSA) is 79.6 Å². The molecule has 1 aliphatic heterocycles. The molecule has 1 saturated heterocycles. The second kappa shape index (κ2) is 5.88. The Labute approximate surface area is 130 Å². The number of rotatable bonds is 3. The molecule has 1 N–H and O–H groups in total. The van der Waals surface area contributed by atoms with Crippen molar-refractivity contribution in [2.24, 2.45) is 0 Å². The van der Waals surface area contributed by atoms with Crippen LogP contribution in [0.4, 0.5) is 9.18 Å². The van der Waals surface area contributed by atoms with E-state index in [-0.39, 0.29) is 12.1 Å². The van der Waals surface area contributed by atoms with Gasteiger partial charge < -0.3 is 4.42 Å². The number of hydrogen-bond donors (Lipinski definition) is 1. The van der Waals surface area contributed by atoms with E-state index in [0.717, 1.165) is 4.90 Å². The van der Waals surface area contributed by atoms with Crippen LogP contribution in [0.2, 0.25) is 0 Å². The first-order valence-corrected chi connectivity index (χ1v) is 6.71. The fourth-order valence-electron chi connectivity index (χ4n) is 2.16. The zero-order valence-corrected chi connectivity index (χ0v) is 11.8. The molecule has 1 fully saturated rings. The van der Waals surface area contributed by atoms with Crippen molar-refractivity contribution in [2.75, 3.05) is 0 Å². The van der Waals surface area contributed by atoms with Crippen molar-refractivity contribution < 1.29 is 23.2 Å². The van der Waals surface area contributed by atoms with Gasteiger partial charge in [-0.3, -0.25) is 19.8 Å². The first-order valence-electron chi connectivity index (χ1n) is 6.71. The third-order valence-corrected chi connectivity index (χ3v) is 3.24. The second-order valence-corrected chi connectivity index (χ2v) is 4.84. The summed E-state index contributed by atoms with van der Waals surface area (Å²) in [5.41, 5.74) is 0.0950. The van der Waals surface area contributed by atoms with Crippen LogP contribution in [0.15, 0.2) is 52.7 Å². The summed E-state index contributed by atoms with van der Waals surface area (Å²) in [5, 5.41) is 2.08. The van der Waals surface area contributed by atoms with Crippen LogP contribution in [-0.4, -0.2) is 22.7 Å². The van der Waals surface area contributed by atoms with Crippen molar-refractivity contribution in [3.8, 4) is 0 Å². The predicted molar refractivity (Wildman–Crippen MR) is 77.2 cm³/mol. The van der Waals surface area contributed by atoms with Gasteiger partial charge in [-0.15, -0.1) is 0 Å². The normalized spacial score (nSPS) is 16.8. The number of nitrogens with zero attached hydrogens (tertiary/aromatic N) is 1. The average Bonchev–Trinajstić information content (AvgIpc) is 3.01. The highest BCUT2D eigenvalue weighted by Gasteiger charge is 2.36. The molecule has 0 aliphatic carbocycles. The number of furan rings is 1. The maximum absolute atomic E-state index is 13.2. The summed E-state index contributed by atoms with van der Waals surface area (Å²) >= 11 is 0. The highest BCUT2D eigenvalue weighted by Crippen LogP contribution is 2.17. The molecule has 0 spiro atoms. The van der Waals surface area contributed by atoms with Gasteiger partial charge in [-0.05, 0) is 35.9 Å². The van der Waals surface area contributed by atoms with Crippen LogP contribution in [0.25, 0.3) is 6.08 Å². The number of halogens is 1. The Hall–Kier alpha value is -3.22. The van der Waals surface area contributed by atoms with E-state index in [1.807, 2.05) is 0 Å². The molecule has 0 atom stereocenters. The van der Waals surface area contributed by atoms with Gasteiger partial charge in [-0.1, -0.05) is 12.1 Å². The molecule has 0 saturated carbocycles. The third-order valence-electron chi connectivity index (χ3n) is 3.24. The van der Waals surface area contributed by atoms with E-state index in [1.165, 1.54) is 30.5 Å². The minimum Gasteiger partial charge on any atom is -0.467 e. The number of hydrogen-bond acceptors (Lipinski definition) is 4. The largest absolute Gasteiger partial charge is 0.467 e. The third kappa shape index (κ3) is 3.03. The summed E-state index contributed by atoms with van der Waals surface area (Å²) in [6, 6.07) is 7.83. The molecule has 3 rings (SSSR count). The van der Waals surface area contributed by atoms with Crippen LogP contribution in [0.5, 0.6) is 0 Å². The Morgan fingerprint density at radius 2 is 2.00 bits per heavy atom. The van der Waals surface area contributed by atoms with Gasteiger partial charge in [0.15, 0.2) is 0 Å². The molecule has 2 heterocycles. The zero-order chi connectivity index (χ0) is 16.4. The van der Waals surface area contributed by atoms with Gasteiger partial charge in [0.25, 0.3) is 11.8 Å². The molecule has 1 aromatic heterocycles. The second-order valence-electron chi connectivity index (χ2n) is 4.84. The van der Waals surface area contributed by atoms with E-state index in [0.29, 0.717) is 11.3 Å². The van der Waals surface area contributed by atoms with Crippen molar-refractivity contribution in [2.45, 2.75) is 6.54 Å². The van der Waals surface area contributed by atoms with Gasteiger partial charge in [0.1, 0.15) is 17.2 Å². The number of barbiturate groups is 1. The molecule has 7 heteroatoms. The molecule has 1 aromatic carbocycles. The lowest BCUT2D eigenvalue weighted by atomic mass is 10.1. The summed E-state index contributed by atoms with van der Waals surface area (Å²) in [6.07, 6.45) is 2.65. The first kappa shape index (κ1) is 14.7. The van der Waals surface area contributed by atoms with Gasteiger partial charge in [0.2, 0.25) is 0 Å². The number of imide groups is 2. The summed E-state index contributed by atoms with van der Waals surface area (Å²) in [5.74, 6) is -1.68. The lowest BCUT2D eigenvalue weighted by molar-refractivity contribution is -0.130. The zero-order valence-electron chi connectivity index (χ0n) is 11.8. The highest BCUT2D eigenvalue weighted by atomic mass is 19.1. The SMILES string of the molecule is O=C1NC(=O)N(Cc2ccco2)C(=O)/C1=C/c1cccc(F)c1. The Bertz CT molecular complexity index is 811. The van der Waals surface area contributed by atoms with Gasteiger partial charge in [0.05, 0.1) is 12.8 Å². The maximum atomic E-state index is 13.2. The van der Waals surface area contributed by atoms with Gasteiger partial charge >= 0.3 is 6.03 Å². The van der Waals surface area contributed by atoms with E-state index in [1.54, 1.807) is 18.2 Å². The van der Waals surface area contributed by atoms with Crippen LogP contribution in [-0.2, 0) is 16.1 Å². The first-order chi connectivity index (χ1) is 11.0. The summed E-state index contributed by atoms with van der Waals surface area (Å²) in [6.45, 7) is -0.106. The Morgan fingerprint density at radius 1 is 1.17 bits per heavy atom. The molecule has 4 amide bonds. The molecule has 116 valence electrons. The van der Waals surface area contributed by atoms with Crippen LogP contribution in [0, 0.1) is 5.82 Å². The summed E-state index contributed by atoms with van der Waals surface area (Å²) in [4.78, 5) is 37.0. The number of benzene rings is 1. The minimum absolute atomic E-state index is 0.106. The molecular weight excluding hydrogens is 303 g/mol. The van der Waals surface area contributed by atoms with E-state index in [2.05, 4.69) is 5.32 Å². The number of carbonyl (C=O) groups is 3. The van der Waals surface area contributed by atoms with Crippen molar-refractivity contribution in [1.29, 1.82) is 0 Å². The number of carbonyl (C=O) groups excluding carboxylic acids is 3. The molecule has 0 radical (unpaired) electrons. The lowest BCUT2D eigenvalue weighted by Gasteiger charge is -2.25. The van der Waals surface area contributed by atoms with Crippen LogP contribution < -0.4 is 5.32 Å².